The van der Waals surface area contributed by atoms with E-state index in [1.54, 1.807) is 12.5 Å². The highest BCUT2D eigenvalue weighted by Gasteiger charge is 2.31. The van der Waals surface area contributed by atoms with Gasteiger partial charge < -0.3 is 25.2 Å². The zero-order chi connectivity index (χ0) is 26.1. The lowest BCUT2D eigenvalue weighted by Gasteiger charge is -2.40. The fourth-order valence-corrected chi connectivity index (χ4v) is 6.08. The Labute approximate surface area is 223 Å². The van der Waals surface area contributed by atoms with Gasteiger partial charge in [-0.1, -0.05) is 0 Å². The van der Waals surface area contributed by atoms with E-state index >= 15 is 0 Å². The Morgan fingerprint density at radius 3 is 2.66 bits per heavy atom. The van der Waals surface area contributed by atoms with Gasteiger partial charge in [-0.25, -0.2) is 15.0 Å². The van der Waals surface area contributed by atoms with E-state index in [4.69, 9.17) is 0 Å². The van der Waals surface area contributed by atoms with Crippen molar-refractivity contribution in [1.82, 2.24) is 30.2 Å². The van der Waals surface area contributed by atoms with Crippen LogP contribution in [0.25, 0.3) is 11.0 Å². The molecule has 202 valence electrons. The quantitative estimate of drug-likeness (QED) is 0.417. The van der Waals surface area contributed by atoms with E-state index in [1.807, 2.05) is 24.4 Å². The van der Waals surface area contributed by atoms with Gasteiger partial charge in [-0.05, 0) is 69.1 Å². The second-order valence-corrected chi connectivity index (χ2v) is 11.1. The van der Waals surface area contributed by atoms with Gasteiger partial charge in [-0.15, -0.1) is 0 Å². The van der Waals surface area contributed by atoms with Gasteiger partial charge in [0.1, 0.15) is 29.8 Å². The number of hydrogen-bond donors (Lipinski definition) is 3. The average Bonchev–Trinajstić information content (AvgIpc) is 3.64. The molecule has 10 heteroatoms. The van der Waals surface area contributed by atoms with E-state index < -0.39 is 6.23 Å². The van der Waals surface area contributed by atoms with E-state index in [9.17, 15) is 9.90 Å². The molecule has 0 bridgehead atoms. The number of anilines is 2. The minimum atomic E-state index is -0.431. The SMILES string of the molecule is CN(c1ncnc2[nH]ccc12)C1CCC(CC(O)N2CCN(c3ncccc3C(=O)NC3CC3)CC2)CC1. The van der Waals surface area contributed by atoms with Gasteiger partial charge in [0, 0.05) is 57.7 Å². The zero-order valence-corrected chi connectivity index (χ0v) is 22.1. The van der Waals surface area contributed by atoms with Gasteiger partial charge in [0.15, 0.2) is 0 Å². The highest BCUT2D eigenvalue weighted by Crippen LogP contribution is 2.34. The number of nitrogens with zero attached hydrogens (tertiary/aromatic N) is 6. The first-order valence-corrected chi connectivity index (χ1v) is 14.0. The Morgan fingerprint density at radius 2 is 1.89 bits per heavy atom. The molecule has 1 atom stereocenters. The molecule has 3 aromatic rings. The molecule has 0 spiro atoms. The van der Waals surface area contributed by atoms with Crippen molar-refractivity contribution < 1.29 is 9.90 Å². The van der Waals surface area contributed by atoms with E-state index in [0.29, 0.717) is 23.6 Å². The van der Waals surface area contributed by atoms with Crippen molar-refractivity contribution in [2.75, 3.05) is 43.0 Å². The van der Waals surface area contributed by atoms with Gasteiger partial charge in [0.25, 0.3) is 5.91 Å². The van der Waals surface area contributed by atoms with E-state index in [2.05, 4.69) is 47.0 Å². The molecule has 3 N–H and O–H groups in total. The molecular formula is C28H38N8O2. The number of aromatic amines is 1. The molecule has 2 aliphatic carbocycles. The smallest absolute Gasteiger partial charge is 0.255 e. The Morgan fingerprint density at radius 1 is 1.11 bits per heavy atom. The van der Waals surface area contributed by atoms with Crippen LogP contribution in [0.2, 0.25) is 0 Å². The van der Waals surface area contributed by atoms with Crippen LogP contribution >= 0.6 is 0 Å². The molecule has 1 aliphatic heterocycles. The number of pyridine rings is 1. The molecular weight excluding hydrogens is 480 g/mol. The van der Waals surface area contributed by atoms with Gasteiger partial charge in [-0.3, -0.25) is 9.69 Å². The number of piperazine rings is 1. The van der Waals surface area contributed by atoms with Crippen LogP contribution in [-0.4, -0.2) is 87.4 Å². The number of nitrogens with one attached hydrogen (secondary N) is 2. The maximum absolute atomic E-state index is 12.7. The molecule has 6 rings (SSSR count). The number of aliphatic hydroxyl groups is 1. The molecule has 0 radical (unpaired) electrons. The van der Waals surface area contributed by atoms with Crippen LogP contribution < -0.4 is 15.1 Å². The fraction of sp³-hybridized carbons (Fsp3) is 0.571. The van der Waals surface area contributed by atoms with E-state index in [-0.39, 0.29) is 5.91 Å². The second-order valence-electron chi connectivity index (χ2n) is 11.1. The molecule has 10 nitrogen and oxygen atoms in total. The summed E-state index contributed by atoms with van der Waals surface area (Å²) in [5.41, 5.74) is 1.52. The number of carbonyl (C=O) groups excluding carboxylic acids is 1. The zero-order valence-electron chi connectivity index (χ0n) is 22.1. The van der Waals surface area contributed by atoms with Crippen LogP contribution in [0.5, 0.6) is 0 Å². The summed E-state index contributed by atoms with van der Waals surface area (Å²) in [6.45, 7) is 3.03. The highest BCUT2D eigenvalue weighted by atomic mass is 16.3. The molecule has 1 amide bonds. The van der Waals surface area contributed by atoms with E-state index in [0.717, 1.165) is 93.8 Å². The summed E-state index contributed by atoms with van der Waals surface area (Å²) >= 11 is 0. The lowest BCUT2D eigenvalue weighted by atomic mass is 9.83. The summed E-state index contributed by atoms with van der Waals surface area (Å²) in [4.78, 5) is 36.0. The van der Waals surface area contributed by atoms with Crippen LogP contribution in [0.4, 0.5) is 11.6 Å². The molecule has 1 saturated heterocycles. The average molecular weight is 519 g/mol. The Bertz CT molecular complexity index is 1240. The van der Waals surface area contributed by atoms with Crippen LogP contribution in [-0.2, 0) is 0 Å². The predicted octanol–water partition coefficient (Wildman–Crippen LogP) is 2.77. The number of rotatable bonds is 8. The summed E-state index contributed by atoms with van der Waals surface area (Å²) in [6, 6.07) is 6.50. The summed E-state index contributed by atoms with van der Waals surface area (Å²) in [7, 11) is 2.14. The van der Waals surface area contributed by atoms with Crippen LogP contribution in [0.3, 0.4) is 0 Å². The molecule has 1 unspecified atom stereocenters. The first-order valence-electron chi connectivity index (χ1n) is 14.0. The molecule has 3 aliphatic rings. The molecule has 3 fully saturated rings. The normalized spacial score (nSPS) is 23.4. The third kappa shape index (κ3) is 5.33. The summed E-state index contributed by atoms with van der Waals surface area (Å²) in [6.07, 6.45) is 12.2. The van der Waals surface area contributed by atoms with Crippen molar-refractivity contribution in [3.05, 3.63) is 42.5 Å². The van der Waals surface area contributed by atoms with Crippen molar-refractivity contribution in [3.63, 3.8) is 0 Å². The number of aliphatic hydroxyl groups excluding tert-OH is 1. The monoisotopic (exact) mass is 518 g/mol. The molecule has 2 saturated carbocycles. The lowest BCUT2D eigenvalue weighted by Crippen LogP contribution is -2.51. The Balaban J connectivity index is 0.987. The number of hydrogen-bond acceptors (Lipinski definition) is 8. The number of aromatic nitrogens is 4. The number of carbonyl (C=O) groups is 1. The lowest BCUT2D eigenvalue weighted by molar-refractivity contribution is -0.0206. The fourth-order valence-electron chi connectivity index (χ4n) is 6.08. The maximum Gasteiger partial charge on any atom is 0.255 e. The van der Waals surface area contributed by atoms with E-state index in [1.165, 1.54) is 0 Å². The largest absolute Gasteiger partial charge is 0.378 e. The molecule has 38 heavy (non-hydrogen) atoms. The van der Waals surface area contributed by atoms with Crippen molar-refractivity contribution in [2.45, 2.75) is 63.3 Å². The highest BCUT2D eigenvalue weighted by molar-refractivity contribution is 5.99. The minimum absolute atomic E-state index is 0.0310. The first-order chi connectivity index (χ1) is 18.6. The van der Waals surface area contributed by atoms with Gasteiger partial charge in [0.2, 0.25) is 0 Å². The third-order valence-electron chi connectivity index (χ3n) is 8.55. The van der Waals surface area contributed by atoms with Gasteiger partial charge >= 0.3 is 0 Å². The molecule has 3 aromatic heterocycles. The van der Waals surface area contributed by atoms with Crippen LogP contribution in [0.1, 0.15) is 55.3 Å². The maximum atomic E-state index is 12.7. The standard InChI is InChI=1S/C28H38N8O2/c1-34(26-22-10-12-29-25(22)31-18-32-26)21-8-4-19(5-9-21)17-24(37)35-13-15-36(16-14-35)27-23(3-2-11-30-27)28(38)33-20-6-7-20/h2-3,10-12,18-21,24,37H,4-9,13-17H2,1H3,(H,33,38)(H,29,31,32). The second kappa shape index (κ2) is 10.9. The van der Waals surface area contributed by atoms with Gasteiger partial charge in [-0.2, -0.15) is 0 Å². The predicted molar refractivity (Wildman–Crippen MR) is 147 cm³/mol. The summed E-state index contributed by atoms with van der Waals surface area (Å²) in [5, 5.41) is 15.2. The Hall–Kier alpha value is -3.24. The first kappa shape index (κ1) is 25.1. The van der Waals surface area contributed by atoms with Crippen LogP contribution in [0.15, 0.2) is 36.9 Å². The van der Waals surface area contributed by atoms with Crippen molar-refractivity contribution >= 4 is 28.6 Å². The topological polar surface area (TPSA) is 114 Å². The number of H-pyrrole nitrogens is 1. The summed E-state index contributed by atoms with van der Waals surface area (Å²) < 4.78 is 0. The molecule has 0 aromatic carbocycles. The van der Waals surface area contributed by atoms with Crippen molar-refractivity contribution in [1.29, 1.82) is 0 Å². The van der Waals surface area contributed by atoms with Gasteiger partial charge in [0.05, 0.1) is 10.9 Å². The molecule has 4 heterocycles. The summed E-state index contributed by atoms with van der Waals surface area (Å²) in [5.74, 6) is 2.23. The van der Waals surface area contributed by atoms with Crippen LogP contribution in [0, 0.1) is 5.92 Å². The van der Waals surface area contributed by atoms with Crippen molar-refractivity contribution in [3.8, 4) is 0 Å². The van der Waals surface area contributed by atoms with Crippen molar-refractivity contribution in [2.24, 2.45) is 5.92 Å². The Kier molecular flexibility index (Phi) is 7.16. The third-order valence-corrected chi connectivity index (χ3v) is 8.55. The number of amides is 1. The minimum Gasteiger partial charge on any atom is -0.378 e. The number of fused-ring (bicyclic) bond motifs is 1.